The van der Waals surface area contributed by atoms with E-state index in [-0.39, 0.29) is 17.3 Å². The van der Waals surface area contributed by atoms with Gasteiger partial charge >= 0.3 is 0 Å². The maximum Gasteiger partial charge on any atom is 0.221 e. The number of carbonyl (C=O) groups excluding carboxylic acids is 1. The summed E-state index contributed by atoms with van der Waals surface area (Å²) in [7, 11) is 0. The summed E-state index contributed by atoms with van der Waals surface area (Å²) in [5.41, 5.74) is 0.117. The van der Waals surface area contributed by atoms with Crippen molar-refractivity contribution in [3.63, 3.8) is 0 Å². The highest BCUT2D eigenvalue weighted by Gasteiger charge is 2.51. The van der Waals surface area contributed by atoms with E-state index in [0.29, 0.717) is 6.42 Å². The fourth-order valence-corrected chi connectivity index (χ4v) is 6.27. The molecule has 23 heavy (non-hydrogen) atoms. The number of hydrogen-bond acceptors (Lipinski definition) is 2. The highest BCUT2D eigenvalue weighted by Crippen LogP contribution is 2.55. The van der Waals surface area contributed by atoms with Crippen molar-refractivity contribution in [2.45, 2.75) is 55.4 Å². The molecule has 124 valence electrons. The number of amides is 1. The Kier molecular flexibility index (Phi) is 4.12. The summed E-state index contributed by atoms with van der Waals surface area (Å²) in [6.45, 7) is 0. The Morgan fingerprint density at radius 2 is 1.65 bits per heavy atom. The van der Waals surface area contributed by atoms with Gasteiger partial charge in [0, 0.05) is 22.6 Å². The third-order valence-electron chi connectivity index (χ3n) is 5.85. The van der Waals surface area contributed by atoms with Gasteiger partial charge in [-0.15, -0.1) is 11.8 Å². The average molecular weight is 333 g/mol. The van der Waals surface area contributed by atoms with Crippen LogP contribution in [0.5, 0.6) is 0 Å². The first-order valence-corrected chi connectivity index (χ1v) is 9.78. The van der Waals surface area contributed by atoms with Crippen molar-refractivity contribution >= 4 is 17.7 Å². The summed E-state index contributed by atoms with van der Waals surface area (Å²) in [6.07, 6.45) is 8.35. The van der Waals surface area contributed by atoms with Crippen LogP contribution in [0, 0.1) is 23.6 Å². The molecule has 0 saturated heterocycles. The fourth-order valence-electron chi connectivity index (χ4n) is 5.41. The molecule has 0 aliphatic heterocycles. The fraction of sp³-hybridized carbons (Fsp3) is 0.632. The second-order valence-corrected chi connectivity index (χ2v) is 8.97. The first-order valence-electron chi connectivity index (χ1n) is 8.80. The number of benzene rings is 1. The van der Waals surface area contributed by atoms with Gasteiger partial charge in [-0.25, -0.2) is 4.39 Å². The highest BCUT2D eigenvalue weighted by molar-refractivity contribution is 7.99. The monoisotopic (exact) mass is 333 g/mol. The molecular formula is C19H24FNOS. The Morgan fingerprint density at radius 1 is 1.09 bits per heavy atom. The van der Waals surface area contributed by atoms with Crippen LogP contribution in [0.15, 0.2) is 29.2 Å². The number of hydrogen-bond donors (Lipinski definition) is 1. The second kappa shape index (κ2) is 6.12. The molecule has 0 atom stereocenters. The predicted octanol–water partition coefficient (Wildman–Crippen LogP) is 4.39. The topological polar surface area (TPSA) is 29.1 Å². The summed E-state index contributed by atoms with van der Waals surface area (Å²) in [4.78, 5) is 13.4. The Bertz CT molecular complexity index is 550. The normalized spacial score (nSPS) is 34.6. The number of rotatable bonds is 5. The largest absolute Gasteiger partial charge is 0.351 e. The molecule has 1 N–H and O–H groups in total. The van der Waals surface area contributed by atoms with Crippen molar-refractivity contribution in [3.8, 4) is 0 Å². The van der Waals surface area contributed by atoms with Gasteiger partial charge in [-0.3, -0.25) is 4.79 Å². The summed E-state index contributed by atoms with van der Waals surface area (Å²) < 4.78 is 12.9. The summed E-state index contributed by atoms with van der Waals surface area (Å²) in [5.74, 6) is 3.31. The molecule has 5 rings (SSSR count). The standard InChI is InChI=1S/C19H24FNOS/c20-16-1-3-17(4-2-16)23-6-5-18(22)21-19-10-13-7-14(11-19)9-15(8-13)12-19/h1-4,13-15H,5-12H2,(H,21,22). The third-order valence-corrected chi connectivity index (χ3v) is 6.87. The lowest BCUT2D eigenvalue weighted by atomic mass is 9.53. The van der Waals surface area contributed by atoms with Gasteiger partial charge in [0.05, 0.1) is 0 Å². The number of nitrogens with one attached hydrogen (secondary N) is 1. The summed E-state index contributed by atoms with van der Waals surface area (Å²) >= 11 is 1.62. The molecular weight excluding hydrogens is 309 g/mol. The molecule has 0 unspecified atom stereocenters. The van der Waals surface area contributed by atoms with Gasteiger partial charge < -0.3 is 5.32 Å². The zero-order valence-corrected chi connectivity index (χ0v) is 14.2. The van der Waals surface area contributed by atoms with Crippen LogP contribution >= 0.6 is 11.8 Å². The van der Waals surface area contributed by atoms with Gasteiger partial charge in [-0.2, -0.15) is 0 Å². The molecule has 0 radical (unpaired) electrons. The molecule has 2 nitrogen and oxygen atoms in total. The van der Waals surface area contributed by atoms with Crippen LogP contribution in [0.25, 0.3) is 0 Å². The molecule has 0 spiro atoms. The molecule has 4 aliphatic rings. The minimum absolute atomic E-state index is 0.117. The highest BCUT2D eigenvalue weighted by atomic mass is 32.2. The Labute approximate surface area is 141 Å². The smallest absolute Gasteiger partial charge is 0.221 e. The predicted molar refractivity (Wildman–Crippen MR) is 90.8 cm³/mol. The lowest BCUT2D eigenvalue weighted by molar-refractivity contribution is -0.126. The molecule has 1 aromatic carbocycles. The first kappa shape index (κ1) is 15.5. The van der Waals surface area contributed by atoms with E-state index < -0.39 is 0 Å². The molecule has 0 aromatic heterocycles. The van der Waals surface area contributed by atoms with Gasteiger partial charge in [0.15, 0.2) is 0 Å². The van der Waals surface area contributed by atoms with Crippen LogP contribution in [-0.2, 0) is 4.79 Å². The van der Waals surface area contributed by atoms with Crippen LogP contribution in [-0.4, -0.2) is 17.2 Å². The van der Waals surface area contributed by atoms with E-state index >= 15 is 0 Å². The second-order valence-electron chi connectivity index (χ2n) is 7.80. The third kappa shape index (κ3) is 3.42. The molecule has 0 heterocycles. The van der Waals surface area contributed by atoms with Crippen LogP contribution in [0.3, 0.4) is 0 Å². The van der Waals surface area contributed by atoms with Crippen LogP contribution in [0.1, 0.15) is 44.9 Å². The molecule has 4 fully saturated rings. The number of thioether (sulfide) groups is 1. The van der Waals surface area contributed by atoms with Crippen molar-refractivity contribution in [2.75, 3.05) is 5.75 Å². The molecule has 4 bridgehead atoms. The maximum atomic E-state index is 12.9. The molecule has 4 saturated carbocycles. The van der Waals surface area contributed by atoms with Crippen molar-refractivity contribution in [3.05, 3.63) is 30.1 Å². The summed E-state index contributed by atoms with van der Waals surface area (Å²) in [5, 5.41) is 3.41. The van der Waals surface area contributed by atoms with Gasteiger partial charge in [0.1, 0.15) is 5.82 Å². The van der Waals surface area contributed by atoms with E-state index in [1.807, 2.05) is 0 Å². The lowest BCUT2D eigenvalue weighted by Crippen LogP contribution is -2.59. The molecule has 1 amide bonds. The lowest BCUT2D eigenvalue weighted by Gasteiger charge is -2.56. The SMILES string of the molecule is O=C(CCSc1ccc(F)cc1)NC12CC3CC(CC(C3)C1)C2. The summed E-state index contributed by atoms with van der Waals surface area (Å²) in [6, 6.07) is 6.49. The first-order chi connectivity index (χ1) is 11.1. The van der Waals surface area contributed by atoms with Crippen LogP contribution in [0.4, 0.5) is 4.39 Å². The average Bonchev–Trinajstić information content (AvgIpc) is 2.47. The minimum Gasteiger partial charge on any atom is -0.351 e. The van der Waals surface area contributed by atoms with E-state index in [2.05, 4.69) is 5.32 Å². The molecule has 4 aliphatic carbocycles. The van der Waals surface area contributed by atoms with Gasteiger partial charge in [-0.1, -0.05) is 0 Å². The zero-order valence-electron chi connectivity index (χ0n) is 13.4. The minimum atomic E-state index is -0.214. The Balaban J connectivity index is 1.28. The van der Waals surface area contributed by atoms with Crippen LogP contribution in [0.2, 0.25) is 0 Å². The van der Waals surface area contributed by atoms with Crippen molar-refractivity contribution < 1.29 is 9.18 Å². The van der Waals surface area contributed by atoms with Gasteiger partial charge in [0.25, 0.3) is 0 Å². The van der Waals surface area contributed by atoms with E-state index in [4.69, 9.17) is 0 Å². The van der Waals surface area contributed by atoms with Crippen LogP contribution < -0.4 is 5.32 Å². The van der Waals surface area contributed by atoms with Gasteiger partial charge in [-0.05, 0) is 80.5 Å². The number of halogens is 1. The van der Waals surface area contributed by atoms with E-state index in [1.165, 1.54) is 50.7 Å². The van der Waals surface area contributed by atoms with Crippen molar-refractivity contribution in [2.24, 2.45) is 17.8 Å². The van der Waals surface area contributed by atoms with E-state index in [9.17, 15) is 9.18 Å². The molecule has 1 aromatic rings. The number of carbonyl (C=O) groups is 1. The Hall–Kier alpha value is -1.03. The van der Waals surface area contributed by atoms with Crippen molar-refractivity contribution in [1.82, 2.24) is 5.32 Å². The molecule has 4 heteroatoms. The van der Waals surface area contributed by atoms with E-state index in [0.717, 1.165) is 28.4 Å². The Morgan fingerprint density at radius 3 is 2.22 bits per heavy atom. The van der Waals surface area contributed by atoms with Gasteiger partial charge in [0.2, 0.25) is 5.91 Å². The zero-order chi connectivity index (χ0) is 15.9. The van der Waals surface area contributed by atoms with E-state index in [1.54, 1.807) is 23.9 Å². The van der Waals surface area contributed by atoms with Crippen molar-refractivity contribution in [1.29, 1.82) is 0 Å². The maximum absolute atomic E-state index is 12.9. The quantitative estimate of drug-likeness (QED) is 0.810.